The second kappa shape index (κ2) is 3.83. The van der Waals surface area contributed by atoms with Crippen LogP contribution in [-0.4, -0.2) is 20.0 Å². The maximum Gasteiger partial charge on any atom is 0.135 e. The minimum Gasteiger partial charge on any atom is -0.247 e. The van der Waals surface area contributed by atoms with Gasteiger partial charge in [-0.3, -0.25) is 0 Å². The summed E-state index contributed by atoms with van der Waals surface area (Å²) in [4.78, 5) is 4.02. The average Bonchev–Trinajstić information content (AvgIpc) is 2.67. The lowest BCUT2D eigenvalue weighted by Crippen LogP contribution is -1.95. The Balaban J connectivity index is 2.34. The Morgan fingerprint density at radius 2 is 2.29 bits per heavy atom. The summed E-state index contributed by atoms with van der Waals surface area (Å²) in [6.07, 6.45) is 3.16. The molecule has 2 rings (SSSR count). The van der Waals surface area contributed by atoms with E-state index in [2.05, 4.69) is 31.2 Å². The first-order chi connectivity index (χ1) is 6.79. The molecule has 2 aromatic heterocycles. The lowest BCUT2D eigenvalue weighted by molar-refractivity contribution is 0.475. The van der Waals surface area contributed by atoms with Crippen LogP contribution in [0.1, 0.15) is 5.69 Å². The van der Waals surface area contributed by atoms with Crippen LogP contribution in [0.15, 0.2) is 29.1 Å². The standard InChI is InChI=1S/C8H6BrFN4/c9-8-2-1-7(4-11-8)14-5-6(3-10)12-13-14/h1-2,4-5H,3H2. The molecule has 0 radical (unpaired) electrons. The van der Waals surface area contributed by atoms with Crippen LogP contribution in [0.2, 0.25) is 0 Å². The molecule has 2 heterocycles. The van der Waals surface area contributed by atoms with Crippen LogP contribution in [0.3, 0.4) is 0 Å². The van der Waals surface area contributed by atoms with E-state index in [1.54, 1.807) is 12.3 Å². The largest absolute Gasteiger partial charge is 0.247 e. The Hall–Kier alpha value is -1.30. The van der Waals surface area contributed by atoms with Crippen LogP contribution in [0.4, 0.5) is 4.39 Å². The molecule has 0 bridgehead atoms. The molecule has 2 aromatic rings. The van der Waals surface area contributed by atoms with Crippen molar-refractivity contribution in [1.82, 2.24) is 20.0 Å². The lowest BCUT2D eigenvalue weighted by Gasteiger charge is -1.97. The number of nitrogens with zero attached hydrogens (tertiary/aromatic N) is 4. The molecule has 0 atom stereocenters. The zero-order chi connectivity index (χ0) is 9.97. The normalized spacial score (nSPS) is 10.4. The van der Waals surface area contributed by atoms with Gasteiger partial charge in [0.25, 0.3) is 0 Å². The first-order valence-corrected chi connectivity index (χ1v) is 4.68. The van der Waals surface area contributed by atoms with Gasteiger partial charge in [-0.15, -0.1) is 5.10 Å². The van der Waals surface area contributed by atoms with E-state index in [9.17, 15) is 4.39 Å². The van der Waals surface area contributed by atoms with Gasteiger partial charge < -0.3 is 0 Å². The molecule has 14 heavy (non-hydrogen) atoms. The Labute approximate surface area is 87.9 Å². The van der Waals surface area contributed by atoms with Crippen LogP contribution in [0.5, 0.6) is 0 Å². The van der Waals surface area contributed by atoms with Crippen LogP contribution in [-0.2, 0) is 6.67 Å². The topological polar surface area (TPSA) is 43.6 Å². The van der Waals surface area contributed by atoms with Crippen molar-refractivity contribution >= 4 is 15.9 Å². The highest BCUT2D eigenvalue weighted by Crippen LogP contribution is 2.10. The van der Waals surface area contributed by atoms with E-state index in [1.165, 1.54) is 10.9 Å². The number of aromatic nitrogens is 4. The quantitative estimate of drug-likeness (QED) is 0.771. The Kier molecular flexibility index (Phi) is 2.53. The molecule has 0 saturated heterocycles. The Morgan fingerprint density at radius 3 is 2.86 bits per heavy atom. The molecule has 0 aliphatic heterocycles. The van der Waals surface area contributed by atoms with E-state index in [0.717, 1.165) is 10.3 Å². The van der Waals surface area contributed by atoms with Crippen molar-refractivity contribution in [2.45, 2.75) is 6.67 Å². The van der Waals surface area contributed by atoms with Gasteiger partial charge in [0.05, 0.1) is 18.1 Å². The maximum absolute atomic E-state index is 12.2. The molecule has 6 heteroatoms. The summed E-state index contributed by atoms with van der Waals surface area (Å²) in [5.74, 6) is 0. The molecule has 0 N–H and O–H groups in total. The van der Waals surface area contributed by atoms with Crippen LogP contribution in [0.25, 0.3) is 5.69 Å². The molecule has 0 saturated carbocycles. The maximum atomic E-state index is 12.2. The van der Waals surface area contributed by atoms with E-state index < -0.39 is 6.67 Å². The van der Waals surface area contributed by atoms with Crippen LogP contribution < -0.4 is 0 Å². The third-order valence-corrected chi connectivity index (χ3v) is 2.12. The molecule has 0 spiro atoms. The van der Waals surface area contributed by atoms with Crippen molar-refractivity contribution in [2.24, 2.45) is 0 Å². The van der Waals surface area contributed by atoms with Crippen LogP contribution >= 0.6 is 15.9 Å². The second-order valence-electron chi connectivity index (χ2n) is 2.63. The minimum atomic E-state index is -0.607. The molecule has 0 aromatic carbocycles. The van der Waals surface area contributed by atoms with E-state index in [4.69, 9.17) is 0 Å². The molecule has 0 unspecified atom stereocenters. The molecular weight excluding hydrogens is 251 g/mol. The number of halogens is 2. The molecule has 0 fully saturated rings. The zero-order valence-corrected chi connectivity index (χ0v) is 8.65. The SMILES string of the molecule is FCc1cn(-c2ccc(Br)nc2)nn1. The van der Waals surface area contributed by atoms with Crippen molar-refractivity contribution in [1.29, 1.82) is 0 Å². The van der Waals surface area contributed by atoms with Gasteiger partial charge in [-0.2, -0.15) is 0 Å². The Morgan fingerprint density at radius 1 is 1.43 bits per heavy atom. The monoisotopic (exact) mass is 256 g/mol. The summed E-state index contributed by atoms with van der Waals surface area (Å²) in [7, 11) is 0. The summed E-state index contributed by atoms with van der Waals surface area (Å²) in [6.45, 7) is -0.607. The first kappa shape index (κ1) is 9.26. The third kappa shape index (κ3) is 1.79. The highest BCUT2D eigenvalue weighted by atomic mass is 79.9. The lowest BCUT2D eigenvalue weighted by atomic mass is 10.4. The third-order valence-electron chi connectivity index (χ3n) is 1.65. The van der Waals surface area contributed by atoms with E-state index in [-0.39, 0.29) is 0 Å². The van der Waals surface area contributed by atoms with Gasteiger partial charge in [-0.05, 0) is 28.1 Å². The summed E-state index contributed by atoms with van der Waals surface area (Å²) in [5, 5.41) is 7.39. The number of hydrogen-bond acceptors (Lipinski definition) is 3. The zero-order valence-electron chi connectivity index (χ0n) is 7.06. The van der Waals surface area contributed by atoms with Crippen molar-refractivity contribution in [3.8, 4) is 5.69 Å². The fourth-order valence-electron chi connectivity index (χ4n) is 0.989. The highest BCUT2D eigenvalue weighted by Gasteiger charge is 2.01. The number of hydrogen-bond donors (Lipinski definition) is 0. The van der Waals surface area contributed by atoms with Gasteiger partial charge >= 0.3 is 0 Å². The van der Waals surface area contributed by atoms with Gasteiger partial charge in [0.1, 0.15) is 17.0 Å². The second-order valence-corrected chi connectivity index (χ2v) is 3.44. The van der Waals surface area contributed by atoms with Crippen LogP contribution in [0, 0.1) is 0 Å². The Bertz CT molecular complexity index is 425. The summed E-state index contributed by atoms with van der Waals surface area (Å²) >= 11 is 3.22. The van der Waals surface area contributed by atoms with E-state index >= 15 is 0 Å². The van der Waals surface area contributed by atoms with Gasteiger partial charge in [-0.1, -0.05) is 5.21 Å². The van der Waals surface area contributed by atoms with Crippen molar-refractivity contribution in [3.63, 3.8) is 0 Å². The molecular formula is C8H6BrFN4. The predicted molar refractivity (Wildman–Crippen MR) is 51.7 cm³/mol. The first-order valence-electron chi connectivity index (χ1n) is 3.89. The fraction of sp³-hybridized carbons (Fsp3) is 0.125. The fourth-order valence-corrected chi connectivity index (χ4v) is 1.22. The van der Waals surface area contributed by atoms with Gasteiger partial charge in [-0.25, -0.2) is 14.1 Å². The van der Waals surface area contributed by atoms with Gasteiger partial charge in [0, 0.05) is 0 Å². The van der Waals surface area contributed by atoms with Gasteiger partial charge in [0.2, 0.25) is 0 Å². The number of rotatable bonds is 2. The highest BCUT2D eigenvalue weighted by molar-refractivity contribution is 9.10. The molecule has 72 valence electrons. The number of alkyl halides is 1. The van der Waals surface area contributed by atoms with E-state index in [0.29, 0.717) is 5.69 Å². The molecule has 0 amide bonds. The van der Waals surface area contributed by atoms with Gasteiger partial charge in [0.15, 0.2) is 0 Å². The molecule has 4 nitrogen and oxygen atoms in total. The molecule has 0 aliphatic rings. The molecule has 0 aliphatic carbocycles. The number of pyridine rings is 1. The summed E-state index contributed by atoms with van der Waals surface area (Å²) in [6, 6.07) is 3.60. The summed E-state index contributed by atoms with van der Waals surface area (Å²) in [5.41, 5.74) is 1.06. The van der Waals surface area contributed by atoms with Crippen molar-refractivity contribution in [3.05, 3.63) is 34.8 Å². The summed E-state index contributed by atoms with van der Waals surface area (Å²) < 4.78 is 14.4. The van der Waals surface area contributed by atoms with Crippen molar-refractivity contribution < 1.29 is 4.39 Å². The predicted octanol–water partition coefficient (Wildman–Crippen LogP) is 1.89. The minimum absolute atomic E-state index is 0.313. The average molecular weight is 257 g/mol. The smallest absolute Gasteiger partial charge is 0.135 e. The van der Waals surface area contributed by atoms with E-state index in [1.807, 2.05) is 6.07 Å². The van der Waals surface area contributed by atoms with Crippen molar-refractivity contribution in [2.75, 3.05) is 0 Å².